The quantitative estimate of drug-likeness (QED) is 0.854. The highest BCUT2D eigenvalue weighted by atomic mass is 19.4. The highest BCUT2D eigenvalue weighted by Crippen LogP contribution is 2.29. The predicted octanol–water partition coefficient (Wildman–Crippen LogP) is 2.36. The number of carbonyl (C=O) groups excluding carboxylic acids is 1. The number of rotatable bonds is 3. The fraction of sp³-hybridized carbons (Fsp3) is 0.364. The van der Waals surface area contributed by atoms with E-state index in [9.17, 15) is 26.7 Å². The van der Waals surface area contributed by atoms with Crippen LogP contribution in [0.4, 0.5) is 22.0 Å². The van der Waals surface area contributed by atoms with Crippen molar-refractivity contribution in [2.75, 3.05) is 0 Å². The Morgan fingerprint density at radius 3 is 2.00 bits per heavy atom. The molecule has 1 aromatic carbocycles. The number of benzene rings is 1. The molecule has 0 spiro atoms. The Morgan fingerprint density at radius 2 is 1.61 bits per heavy atom. The van der Waals surface area contributed by atoms with Gasteiger partial charge in [-0.3, -0.25) is 4.79 Å². The Kier molecular flexibility index (Phi) is 3.75. The minimum Gasteiger partial charge on any atom is -0.312 e. The standard InChI is InChI=1S/C11H10F5NO/c1-10(17,11(14,15)16)9(18)4-6-2-7(12)5-8(13)3-6/h2-3,5H,4,17H2,1H3. The number of carbonyl (C=O) groups is 1. The van der Waals surface area contributed by atoms with Gasteiger partial charge in [-0.05, 0) is 24.6 Å². The summed E-state index contributed by atoms with van der Waals surface area (Å²) in [7, 11) is 0. The molecule has 2 N–H and O–H groups in total. The van der Waals surface area contributed by atoms with Crippen molar-refractivity contribution in [2.24, 2.45) is 5.73 Å². The molecule has 100 valence electrons. The van der Waals surface area contributed by atoms with Gasteiger partial charge < -0.3 is 5.73 Å². The third-order valence-electron chi connectivity index (χ3n) is 2.46. The Morgan fingerprint density at radius 1 is 1.17 bits per heavy atom. The molecule has 1 rings (SSSR count). The van der Waals surface area contributed by atoms with E-state index in [2.05, 4.69) is 0 Å². The maximum Gasteiger partial charge on any atom is 0.413 e. The zero-order valence-corrected chi connectivity index (χ0v) is 9.31. The maximum absolute atomic E-state index is 12.8. The Bertz CT molecular complexity index is 447. The molecular formula is C11H10F5NO. The van der Waals surface area contributed by atoms with E-state index in [4.69, 9.17) is 5.73 Å². The molecule has 0 aliphatic heterocycles. The van der Waals surface area contributed by atoms with Gasteiger partial charge in [-0.15, -0.1) is 0 Å². The van der Waals surface area contributed by atoms with Crippen molar-refractivity contribution in [1.29, 1.82) is 0 Å². The molecule has 2 nitrogen and oxygen atoms in total. The molecular weight excluding hydrogens is 257 g/mol. The van der Waals surface area contributed by atoms with Gasteiger partial charge in [-0.25, -0.2) is 8.78 Å². The van der Waals surface area contributed by atoms with Crippen molar-refractivity contribution in [1.82, 2.24) is 0 Å². The van der Waals surface area contributed by atoms with Crippen LogP contribution in [0.15, 0.2) is 18.2 Å². The third-order valence-corrected chi connectivity index (χ3v) is 2.46. The number of hydrogen-bond acceptors (Lipinski definition) is 2. The van der Waals surface area contributed by atoms with Gasteiger partial charge in [0.2, 0.25) is 0 Å². The number of alkyl halides is 3. The second kappa shape index (κ2) is 4.64. The topological polar surface area (TPSA) is 43.1 Å². The van der Waals surface area contributed by atoms with Crippen LogP contribution in [-0.4, -0.2) is 17.5 Å². The lowest BCUT2D eigenvalue weighted by Gasteiger charge is -2.25. The summed E-state index contributed by atoms with van der Waals surface area (Å²) in [5, 5.41) is 0. The summed E-state index contributed by atoms with van der Waals surface area (Å²) in [6.45, 7) is 0.519. The van der Waals surface area contributed by atoms with E-state index in [1.807, 2.05) is 0 Å². The van der Waals surface area contributed by atoms with E-state index < -0.39 is 35.6 Å². The first kappa shape index (κ1) is 14.6. The molecule has 0 saturated carbocycles. The van der Waals surface area contributed by atoms with Gasteiger partial charge in [0, 0.05) is 12.5 Å². The van der Waals surface area contributed by atoms with E-state index in [-0.39, 0.29) is 5.56 Å². The summed E-state index contributed by atoms with van der Waals surface area (Å²) in [6.07, 6.45) is -5.71. The largest absolute Gasteiger partial charge is 0.413 e. The van der Waals surface area contributed by atoms with E-state index in [1.165, 1.54) is 0 Å². The van der Waals surface area contributed by atoms with Crippen molar-refractivity contribution in [2.45, 2.75) is 25.1 Å². The highest BCUT2D eigenvalue weighted by Gasteiger charge is 2.53. The van der Waals surface area contributed by atoms with Crippen LogP contribution in [0, 0.1) is 11.6 Å². The lowest BCUT2D eigenvalue weighted by molar-refractivity contribution is -0.185. The van der Waals surface area contributed by atoms with Crippen molar-refractivity contribution in [3.63, 3.8) is 0 Å². The molecule has 0 bridgehead atoms. The van der Waals surface area contributed by atoms with E-state index in [0.717, 1.165) is 12.1 Å². The SMILES string of the molecule is CC(N)(C(=O)Cc1cc(F)cc(F)c1)C(F)(F)F. The maximum atomic E-state index is 12.8. The zero-order chi connectivity index (χ0) is 14.1. The number of hydrogen-bond donors (Lipinski definition) is 1. The highest BCUT2D eigenvalue weighted by molar-refractivity contribution is 5.90. The van der Waals surface area contributed by atoms with Crippen molar-refractivity contribution in [3.8, 4) is 0 Å². The molecule has 0 amide bonds. The van der Waals surface area contributed by atoms with Crippen LogP contribution in [0.5, 0.6) is 0 Å². The number of Topliss-reactive ketones (excluding diaryl/α,β-unsaturated/α-hetero) is 1. The van der Waals surface area contributed by atoms with Crippen LogP contribution in [-0.2, 0) is 11.2 Å². The van der Waals surface area contributed by atoms with Gasteiger partial charge in [-0.2, -0.15) is 13.2 Å². The van der Waals surface area contributed by atoms with Gasteiger partial charge >= 0.3 is 6.18 Å². The molecule has 1 atom stereocenters. The first-order valence-electron chi connectivity index (χ1n) is 4.88. The molecule has 0 aliphatic rings. The third kappa shape index (κ3) is 3.04. The van der Waals surface area contributed by atoms with Crippen LogP contribution >= 0.6 is 0 Å². The summed E-state index contributed by atoms with van der Waals surface area (Å²) in [4.78, 5) is 11.4. The molecule has 1 unspecified atom stereocenters. The van der Waals surface area contributed by atoms with Gasteiger partial charge in [-0.1, -0.05) is 0 Å². The Balaban J connectivity index is 2.95. The molecule has 7 heteroatoms. The Hall–Kier alpha value is -1.50. The fourth-order valence-electron chi connectivity index (χ4n) is 1.24. The van der Waals surface area contributed by atoms with Crippen molar-refractivity contribution < 1.29 is 26.7 Å². The first-order chi connectivity index (χ1) is 8.04. The van der Waals surface area contributed by atoms with E-state index >= 15 is 0 Å². The van der Waals surface area contributed by atoms with Crippen LogP contribution in [0.2, 0.25) is 0 Å². The second-order valence-corrected chi connectivity index (χ2v) is 4.08. The van der Waals surface area contributed by atoms with Gasteiger partial charge in [0.25, 0.3) is 0 Å². The first-order valence-corrected chi connectivity index (χ1v) is 4.88. The monoisotopic (exact) mass is 267 g/mol. The van der Waals surface area contributed by atoms with Crippen LogP contribution in [0.1, 0.15) is 12.5 Å². The number of ketones is 1. The average molecular weight is 267 g/mol. The lowest BCUT2D eigenvalue weighted by atomic mass is 9.92. The smallest absolute Gasteiger partial charge is 0.312 e. The molecule has 18 heavy (non-hydrogen) atoms. The van der Waals surface area contributed by atoms with Crippen molar-refractivity contribution in [3.05, 3.63) is 35.4 Å². The van der Waals surface area contributed by atoms with Crippen molar-refractivity contribution >= 4 is 5.78 Å². The van der Waals surface area contributed by atoms with Gasteiger partial charge in [0.15, 0.2) is 11.3 Å². The molecule has 0 aliphatic carbocycles. The fourth-order valence-corrected chi connectivity index (χ4v) is 1.24. The van der Waals surface area contributed by atoms with E-state index in [0.29, 0.717) is 13.0 Å². The van der Waals surface area contributed by atoms with Crippen LogP contribution < -0.4 is 5.73 Å². The zero-order valence-electron chi connectivity index (χ0n) is 9.31. The molecule has 0 saturated heterocycles. The average Bonchev–Trinajstić information content (AvgIpc) is 2.13. The minimum atomic E-state index is -4.92. The number of nitrogens with two attached hydrogens (primary N) is 1. The summed E-state index contributed by atoms with van der Waals surface area (Å²) < 4.78 is 63.0. The molecule has 0 heterocycles. The molecule has 1 aromatic rings. The van der Waals surface area contributed by atoms with E-state index in [1.54, 1.807) is 0 Å². The van der Waals surface area contributed by atoms with Crippen LogP contribution in [0.25, 0.3) is 0 Å². The summed E-state index contributed by atoms with van der Waals surface area (Å²) >= 11 is 0. The second-order valence-electron chi connectivity index (χ2n) is 4.08. The Labute approximate surface area is 99.6 Å². The molecule has 0 fully saturated rings. The van der Waals surface area contributed by atoms with Crippen LogP contribution in [0.3, 0.4) is 0 Å². The summed E-state index contributed by atoms with van der Waals surface area (Å²) in [6, 6.07) is 2.13. The minimum absolute atomic E-state index is 0.196. The number of halogens is 5. The molecule has 0 radical (unpaired) electrons. The predicted molar refractivity (Wildman–Crippen MR) is 53.7 cm³/mol. The summed E-state index contributed by atoms with van der Waals surface area (Å²) in [5.41, 5.74) is 1.66. The normalized spacial score (nSPS) is 15.3. The van der Waals surface area contributed by atoms with Gasteiger partial charge in [0.1, 0.15) is 11.6 Å². The van der Waals surface area contributed by atoms with Gasteiger partial charge in [0.05, 0.1) is 0 Å². The summed E-state index contributed by atoms with van der Waals surface area (Å²) in [5.74, 6) is -3.30. The lowest BCUT2D eigenvalue weighted by Crippen LogP contribution is -2.57. The molecule has 0 aromatic heterocycles.